The van der Waals surface area contributed by atoms with Crippen molar-refractivity contribution < 1.29 is 23.4 Å². The first-order valence-electron chi connectivity index (χ1n) is 7.91. The van der Waals surface area contributed by atoms with Gasteiger partial charge in [-0.25, -0.2) is 8.78 Å². The van der Waals surface area contributed by atoms with Crippen LogP contribution in [0.1, 0.15) is 37.1 Å². The molecule has 6 heteroatoms. The van der Waals surface area contributed by atoms with Gasteiger partial charge in [0.2, 0.25) is 0 Å². The molecule has 2 aromatic rings. The molecule has 2 aromatic carbocycles. The van der Waals surface area contributed by atoms with Crippen molar-refractivity contribution in [2.45, 2.75) is 26.0 Å². The van der Waals surface area contributed by atoms with Crippen LogP contribution >= 0.6 is 0 Å². The lowest BCUT2D eigenvalue weighted by molar-refractivity contribution is -0.134. The molecule has 0 aliphatic heterocycles. The first-order valence-corrected chi connectivity index (χ1v) is 7.91. The summed E-state index contributed by atoms with van der Waals surface area (Å²) in [4.78, 5) is 13.7. The highest BCUT2D eigenvalue weighted by Gasteiger charge is 2.19. The maximum Gasteiger partial charge on any atom is 0.260 e. The number of rotatable bonds is 6. The fourth-order valence-corrected chi connectivity index (χ4v) is 2.32. The number of hydrogen-bond acceptors (Lipinski definition) is 3. The number of aliphatic hydroxyl groups excluding tert-OH is 1. The molecule has 0 aliphatic rings. The van der Waals surface area contributed by atoms with Gasteiger partial charge in [0.25, 0.3) is 5.91 Å². The number of hydrogen-bond donors (Lipinski definition) is 1. The van der Waals surface area contributed by atoms with Crippen LogP contribution in [0.3, 0.4) is 0 Å². The zero-order valence-corrected chi connectivity index (χ0v) is 14.4. The third kappa shape index (κ3) is 4.76. The van der Waals surface area contributed by atoms with Crippen molar-refractivity contribution >= 4 is 5.91 Å². The van der Waals surface area contributed by atoms with Crippen LogP contribution in [0, 0.1) is 11.6 Å². The number of amides is 1. The molecule has 134 valence electrons. The van der Waals surface area contributed by atoms with Gasteiger partial charge in [-0.15, -0.1) is 0 Å². The van der Waals surface area contributed by atoms with Crippen molar-refractivity contribution in [3.63, 3.8) is 0 Å². The first kappa shape index (κ1) is 18.9. The second-order valence-electron chi connectivity index (χ2n) is 5.89. The molecular weight excluding hydrogens is 328 g/mol. The zero-order chi connectivity index (χ0) is 18.6. The summed E-state index contributed by atoms with van der Waals surface area (Å²) in [6.45, 7) is 3.16. The Morgan fingerprint density at radius 1 is 1.12 bits per heavy atom. The molecule has 1 N–H and O–H groups in total. The Labute approximate surface area is 145 Å². The first-order chi connectivity index (χ1) is 11.8. The van der Waals surface area contributed by atoms with Gasteiger partial charge in [-0.05, 0) is 49.2 Å². The van der Waals surface area contributed by atoms with Crippen molar-refractivity contribution in [2.75, 3.05) is 13.7 Å². The third-order valence-electron chi connectivity index (χ3n) is 4.10. The smallest absolute Gasteiger partial charge is 0.260 e. The number of nitrogens with zero attached hydrogens (tertiary/aromatic N) is 1. The van der Waals surface area contributed by atoms with E-state index in [1.807, 2.05) is 0 Å². The highest BCUT2D eigenvalue weighted by molar-refractivity contribution is 5.78. The molecule has 0 saturated carbocycles. The Kier molecular flexibility index (Phi) is 6.09. The molecule has 0 saturated heterocycles. The third-order valence-corrected chi connectivity index (χ3v) is 4.10. The number of benzene rings is 2. The van der Waals surface area contributed by atoms with E-state index in [-0.39, 0.29) is 12.5 Å². The summed E-state index contributed by atoms with van der Waals surface area (Å²) in [5.41, 5.74) is 1.18. The Hall–Kier alpha value is -2.47. The van der Waals surface area contributed by atoms with Crippen LogP contribution in [-0.2, 0) is 4.79 Å². The summed E-state index contributed by atoms with van der Waals surface area (Å²) in [5, 5.41) is 9.57. The van der Waals surface area contributed by atoms with Gasteiger partial charge in [0, 0.05) is 7.05 Å². The van der Waals surface area contributed by atoms with E-state index >= 15 is 0 Å². The number of carbonyl (C=O) groups is 1. The fourth-order valence-electron chi connectivity index (χ4n) is 2.32. The van der Waals surface area contributed by atoms with E-state index in [0.717, 1.165) is 12.1 Å². The van der Waals surface area contributed by atoms with Gasteiger partial charge in [-0.1, -0.05) is 18.2 Å². The van der Waals surface area contributed by atoms with E-state index in [2.05, 4.69) is 0 Å². The van der Waals surface area contributed by atoms with Crippen LogP contribution in [0.4, 0.5) is 8.78 Å². The number of ether oxygens (including phenoxy) is 1. The summed E-state index contributed by atoms with van der Waals surface area (Å²) >= 11 is 0. The molecule has 0 radical (unpaired) electrons. The van der Waals surface area contributed by atoms with Gasteiger partial charge in [0.05, 0.1) is 12.1 Å². The van der Waals surface area contributed by atoms with Crippen molar-refractivity contribution in [1.82, 2.24) is 4.90 Å². The molecule has 1 amide bonds. The summed E-state index contributed by atoms with van der Waals surface area (Å²) in [6.07, 6.45) is -0.629. The van der Waals surface area contributed by atoms with E-state index in [4.69, 9.17) is 4.74 Å². The molecule has 0 heterocycles. The van der Waals surface area contributed by atoms with Gasteiger partial charge in [0.15, 0.2) is 18.2 Å². The maximum atomic E-state index is 13.4. The normalized spacial score (nSPS) is 13.2. The topological polar surface area (TPSA) is 49.8 Å². The minimum absolute atomic E-state index is 0.201. The Balaban J connectivity index is 1.99. The van der Waals surface area contributed by atoms with Crippen molar-refractivity contribution in [1.29, 1.82) is 0 Å². The summed E-state index contributed by atoms with van der Waals surface area (Å²) in [7, 11) is 1.57. The largest absolute Gasteiger partial charge is 0.484 e. The predicted octanol–water partition coefficient (Wildman–Crippen LogP) is 3.62. The molecular formula is C19H21F2NO3. The number of aliphatic hydroxyl groups is 1. The average Bonchev–Trinajstić information content (AvgIpc) is 2.60. The van der Waals surface area contributed by atoms with Gasteiger partial charge in [-0.2, -0.15) is 0 Å². The van der Waals surface area contributed by atoms with Crippen molar-refractivity contribution in [2.24, 2.45) is 0 Å². The Bertz CT molecular complexity index is 749. The fraction of sp³-hybridized carbons (Fsp3) is 0.316. The van der Waals surface area contributed by atoms with Crippen LogP contribution in [0.25, 0.3) is 0 Å². The van der Waals surface area contributed by atoms with Gasteiger partial charge >= 0.3 is 0 Å². The van der Waals surface area contributed by atoms with E-state index in [0.29, 0.717) is 16.9 Å². The maximum absolute atomic E-state index is 13.4. The molecule has 0 aliphatic carbocycles. The quantitative estimate of drug-likeness (QED) is 0.867. The van der Waals surface area contributed by atoms with E-state index in [1.165, 1.54) is 11.0 Å². The molecule has 25 heavy (non-hydrogen) atoms. The van der Waals surface area contributed by atoms with Crippen molar-refractivity contribution in [3.8, 4) is 5.75 Å². The standard InChI is InChI=1S/C19H21F2NO3/c1-12(14-7-8-17(20)18(21)10-14)22(3)19(24)11-25-16-6-4-5-15(9-16)13(2)23/h4-10,12-13,23H,11H2,1-3H3/t12-,13+/m1/s1. The SMILES string of the molecule is C[C@H](O)c1cccc(OCC(=O)N(C)[C@H](C)c2ccc(F)c(F)c2)c1. The number of likely N-dealkylation sites (N-methyl/N-ethyl adjacent to an activating group) is 1. The summed E-state index contributed by atoms with van der Waals surface area (Å²) < 4.78 is 31.9. The van der Waals surface area contributed by atoms with E-state index < -0.39 is 23.8 Å². The lowest BCUT2D eigenvalue weighted by Crippen LogP contribution is -2.33. The summed E-state index contributed by atoms with van der Waals surface area (Å²) in [5.74, 6) is -1.71. The minimum atomic E-state index is -0.948. The molecule has 4 nitrogen and oxygen atoms in total. The molecule has 0 bridgehead atoms. The van der Waals surface area contributed by atoms with Gasteiger partial charge in [-0.3, -0.25) is 4.79 Å². The molecule has 2 rings (SSSR count). The molecule has 0 fully saturated rings. The number of carbonyl (C=O) groups excluding carboxylic acids is 1. The predicted molar refractivity (Wildman–Crippen MR) is 90.1 cm³/mol. The lowest BCUT2D eigenvalue weighted by atomic mass is 10.1. The summed E-state index contributed by atoms with van der Waals surface area (Å²) in [6, 6.07) is 9.98. The van der Waals surface area contributed by atoms with Crippen LogP contribution < -0.4 is 4.74 Å². The average molecular weight is 349 g/mol. The zero-order valence-electron chi connectivity index (χ0n) is 14.4. The van der Waals surface area contributed by atoms with Crippen LogP contribution in [0.5, 0.6) is 5.75 Å². The molecule has 0 aromatic heterocycles. The number of halogens is 2. The van der Waals surface area contributed by atoms with E-state index in [1.54, 1.807) is 45.2 Å². The van der Waals surface area contributed by atoms with E-state index in [9.17, 15) is 18.7 Å². The molecule has 0 unspecified atom stereocenters. The second kappa shape index (κ2) is 8.07. The second-order valence-corrected chi connectivity index (χ2v) is 5.89. The van der Waals surface area contributed by atoms with Crippen LogP contribution in [0.15, 0.2) is 42.5 Å². The van der Waals surface area contributed by atoms with Crippen LogP contribution in [-0.4, -0.2) is 29.6 Å². The molecule has 0 spiro atoms. The van der Waals surface area contributed by atoms with Gasteiger partial charge < -0.3 is 14.7 Å². The lowest BCUT2D eigenvalue weighted by Gasteiger charge is -2.25. The minimum Gasteiger partial charge on any atom is -0.484 e. The van der Waals surface area contributed by atoms with Crippen molar-refractivity contribution in [3.05, 3.63) is 65.2 Å². The Morgan fingerprint density at radius 2 is 1.84 bits per heavy atom. The highest BCUT2D eigenvalue weighted by atomic mass is 19.2. The monoisotopic (exact) mass is 349 g/mol. The molecule has 2 atom stereocenters. The highest BCUT2D eigenvalue weighted by Crippen LogP contribution is 2.22. The van der Waals surface area contributed by atoms with Crippen LogP contribution in [0.2, 0.25) is 0 Å². The van der Waals surface area contributed by atoms with Gasteiger partial charge in [0.1, 0.15) is 5.75 Å². The Morgan fingerprint density at radius 3 is 2.48 bits per heavy atom.